The Bertz CT molecular complexity index is 698. The molecule has 1 aliphatic heterocycles. The van der Waals surface area contributed by atoms with Crippen LogP contribution in [0.25, 0.3) is 6.08 Å². The maximum atomic E-state index is 12.1. The summed E-state index contributed by atoms with van der Waals surface area (Å²) in [4.78, 5) is 48.0. The van der Waals surface area contributed by atoms with Gasteiger partial charge in [0.05, 0.1) is 0 Å². The zero-order chi connectivity index (χ0) is 17.1. The average molecular weight is 318 g/mol. The van der Waals surface area contributed by atoms with Gasteiger partial charge in [0.15, 0.2) is 6.61 Å². The molecule has 0 saturated carbocycles. The highest BCUT2D eigenvalue weighted by Gasteiger charge is 2.37. The fourth-order valence-corrected chi connectivity index (χ4v) is 1.98. The van der Waals surface area contributed by atoms with E-state index in [0.29, 0.717) is 5.56 Å². The standard InChI is InChI=1S/C15H14N2O6/c1-16-13(20)11(14(21)17(2)15(16)22)7-9-4-3-5-10(6-9)23-8-12(18)19/h3-7H,8H2,1-2H3,(H,18,19). The Labute approximate surface area is 131 Å². The predicted molar refractivity (Wildman–Crippen MR) is 78.5 cm³/mol. The third kappa shape index (κ3) is 3.37. The van der Waals surface area contributed by atoms with Crippen molar-refractivity contribution in [1.82, 2.24) is 9.80 Å². The molecule has 8 nitrogen and oxygen atoms in total. The van der Waals surface area contributed by atoms with Crippen LogP contribution in [0.2, 0.25) is 0 Å². The molecule has 4 amide bonds. The molecule has 0 bridgehead atoms. The van der Waals surface area contributed by atoms with Crippen LogP contribution in [0.4, 0.5) is 4.79 Å². The number of likely N-dealkylation sites (N-methyl/N-ethyl adjacent to an activating group) is 2. The normalized spacial score (nSPS) is 15.0. The van der Waals surface area contributed by atoms with Gasteiger partial charge in [-0.15, -0.1) is 0 Å². The monoisotopic (exact) mass is 318 g/mol. The number of carbonyl (C=O) groups excluding carboxylic acids is 3. The van der Waals surface area contributed by atoms with Crippen molar-refractivity contribution in [3.8, 4) is 5.75 Å². The molecule has 1 aromatic carbocycles. The highest BCUT2D eigenvalue weighted by atomic mass is 16.5. The minimum atomic E-state index is -1.12. The molecule has 0 atom stereocenters. The quantitative estimate of drug-likeness (QED) is 0.643. The molecule has 23 heavy (non-hydrogen) atoms. The summed E-state index contributed by atoms with van der Waals surface area (Å²) in [5.74, 6) is -2.23. The van der Waals surface area contributed by atoms with E-state index in [0.717, 1.165) is 9.80 Å². The average Bonchev–Trinajstić information content (AvgIpc) is 2.53. The van der Waals surface area contributed by atoms with E-state index in [1.54, 1.807) is 18.2 Å². The number of imide groups is 2. The molecule has 0 aromatic heterocycles. The third-order valence-electron chi connectivity index (χ3n) is 3.18. The molecular weight excluding hydrogens is 304 g/mol. The summed E-state index contributed by atoms with van der Waals surface area (Å²) < 4.78 is 5.04. The summed E-state index contributed by atoms with van der Waals surface area (Å²) in [6, 6.07) is 5.57. The van der Waals surface area contributed by atoms with Crippen molar-refractivity contribution in [2.24, 2.45) is 0 Å². The van der Waals surface area contributed by atoms with E-state index in [9.17, 15) is 19.2 Å². The number of aliphatic carboxylic acids is 1. The van der Waals surface area contributed by atoms with Crippen molar-refractivity contribution in [3.63, 3.8) is 0 Å². The number of benzene rings is 1. The second-order valence-electron chi connectivity index (χ2n) is 4.82. The molecule has 0 radical (unpaired) electrons. The van der Waals surface area contributed by atoms with Gasteiger partial charge in [-0.25, -0.2) is 9.59 Å². The number of nitrogens with zero attached hydrogens (tertiary/aromatic N) is 2. The number of barbiturate groups is 1. The Morgan fingerprint density at radius 3 is 2.35 bits per heavy atom. The van der Waals surface area contributed by atoms with Gasteiger partial charge in [-0.1, -0.05) is 12.1 Å². The van der Waals surface area contributed by atoms with Crippen LogP contribution in [0.15, 0.2) is 29.8 Å². The van der Waals surface area contributed by atoms with E-state index in [4.69, 9.17) is 9.84 Å². The van der Waals surface area contributed by atoms with Gasteiger partial charge in [-0.05, 0) is 23.8 Å². The summed E-state index contributed by atoms with van der Waals surface area (Å²) in [7, 11) is 2.57. The SMILES string of the molecule is CN1C(=O)C(=Cc2cccc(OCC(=O)O)c2)C(=O)N(C)C1=O. The summed E-state index contributed by atoms with van der Waals surface area (Å²) in [5, 5.41) is 8.59. The van der Waals surface area contributed by atoms with Crippen LogP contribution in [0.1, 0.15) is 5.56 Å². The number of hydrogen-bond acceptors (Lipinski definition) is 5. The number of hydrogen-bond donors (Lipinski definition) is 1. The molecule has 1 saturated heterocycles. The van der Waals surface area contributed by atoms with Crippen molar-refractivity contribution in [1.29, 1.82) is 0 Å². The number of amides is 4. The predicted octanol–water partition coefficient (Wildman–Crippen LogP) is 0.584. The van der Waals surface area contributed by atoms with E-state index < -0.39 is 30.4 Å². The van der Waals surface area contributed by atoms with Crippen molar-refractivity contribution < 1.29 is 29.0 Å². The Morgan fingerprint density at radius 2 is 1.78 bits per heavy atom. The first-order valence-electron chi connectivity index (χ1n) is 6.57. The maximum Gasteiger partial charge on any atom is 0.341 e. The first-order chi connectivity index (χ1) is 10.8. The molecule has 0 unspecified atom stereocenters. The van der Waals surface area contributed by atoms with Gasteiger partial charge in [0, 0.05) is 14.1 Å². The van der Waals surface area contributed by atoms with Gasteiger partial charge in [0.2, 0.25) is 0 Å². The smallest absolute Gasteiger partial charge is 0.341 e. The van der Waals surface area contributed by atoms with Crippen molar-refractivity contribution in [3.05, 3.63) is 35.4 Å². The van der Waals surface area contributed by atoms with Gasteiger partial charge in [-0.2, -0.15) is 0 Å². The molecular formula is C15H14N2O6. The van der Waals surface area contributed by atoms with Crippen LogP contribution in [0.3, 0.4) is 0 Å². The Balaban J connectivity index is 2.31. The van der Waals surface area contributed by atoms with Crippen LogP contribution < -0.4 is 4.74 Å². The molecule has 0 spiro atoms. The topological polar surface area (TPSA) is 104 Å². The summed E-state index contributed by atoms with van der Waals surface area (Å²) in [6.45, 7) is -0.502. The summed E-state index contributed by atoms with van der Waals surface area (Å²) in [6.07, 6.45) is 1.33. The summed E-state index contributed by atoms with van der Waals surface area (Å²) in [5.41, 5.74) is 0.311. The van der Waals surface area contributed by atoms with Crippen LogP contribution in [-0.2, 0) is 14.4 Å². The summed E-state index contributed by atoms with van der Waals surface area (Å²) >= 11 is 0. The highest BCUT2D eigenvalue weighted by Crippen LogP contribution is 2.20. The van der Waals surface area contributed by atoms with E-state index in [-0.39, 0.29) is 11.3 Å². The first-order valence-corrected chi connectivity index (χ1v) is 6.57. The zero-order valence-electron chi connectivity index (χ0n) is 12.5. The van der Waals surface area contributed by atoms with E-state index in [1.807, 2.05) is 0 Å². The highest BCUT2D eigenvalue weighted by molar-refractivity contribution is 6.30. The fraction of sp³-hybridized carbons (Fsp3) is 0.200. The van der Waals surface area contributed by atoms with E-state index in [2.05, 4.69) is 0 Å². The number of rotatable bonds is 4. The van der Waals surface area contributed by atoms with E-state index in [1.165, 1.54) is 26.2 Å². The molecule has 1 aliphatic rings. The van der Waals surface area contributed by atoms with E-state index >= 15 is 0 Å². The van der Waals surface area contributed by atoms with Gasteiger partial charge in [-0.3, -0.25) is 19.4 Å². The van der Waals surface area contributed by atoms with Crippen LogP contribution in [0.5, 0.6) is 5.75 Å². The minimum Gasteiger partial charge on any atom is -0.482 e. The lowest BCUT2D eigenvalue weighted by atomic mass is 10.1. The molecule has 1 aromatic rings. The first kappa shape index (κ1) is 16.2. The lowest BCUT2D eigenvalue weighted by molar-refractivity contribution is -0.139. The zero-order valence-corrected chi connectivity index (χ0v) is 12.5. The second kappa shape index (κ2) is 6.30. The molecule has 8 heteroatoms. The second-order valence-corrected chi connectivity index (χ2v) is 4.82. The lowest BCUT2D eigenvalue weighted by Crippen LogP contribution is -2.52. The molecule has 1 N–H and O–H groups in total. The number of carboxylic acids is 1. The number of urea groups is 1. The lowest BCUT2D eigenvalue weighted by Gasteiger charge is -2.28. The third-order valence-corrected chi connectivity index (χ3v) is 3.18. The molecule has 0 aliphatic carbocycles. The number of carbonyl (C=O) groups is 4. The van der Waals surface area contributed by atoms with Crippen molar-refractivity contribution in [2.75, 3.05) is 20.7 Å². The van der Waals surface area contributed by atoms with Gasteiger partial charge >= 0.3 is 12.0 Å². The number of ether oxygens (including phenoxy) is 1. The molecule has 1 heterocycles. The van der Waals surface area contributed by atoms with Crippen LogP contribution >= 0.6 is 0 Å². The molecule has 120 valence electrons. The van der Waals surface area contributed by atoms with Crippen LogP contribution in [0, 0.1) is 0 Å². The van der Waals surface area contributed by atoms with Gasteiger partial charge in [0.1, 0.15) is 11.3 Å². The van der Waals surface area contributed by atoms with Crippen molar-refractivity contribution in [2.45, 2.75) is 0 Å². The van der Waals surface area contributed by atoms with Gasteiger partial charge in [0.25, 0.3) is 11.8 Å². The Kier molecular flexibility index (Phi) is 4.44. The Morgan fingerprint density at radius 1 is 1.17 bits per heavy atom. The molecule has 1 fully saturated rings. The molecule has 2 rings (SSSR count). The Hall–Kier alpha value is -3.16. The fourth-order valence-electron chi connectivity index (χ4n) is 1.98. The largest absolute Gasteiger partial charge is 0.482 e. The minimum absolute atomic E-state index is 0.162. The number of carboxylic acid groups (broad SMARTS) is 1. The van der Waals surface area contributed by atoms with Gasteiger partial charge < -0.3 is 9.84 Å². The van der Waals surface area contributed by atoms with Crippen LogP contribution in [-0.4, -0.2) is 59.4 Å². The van der Waals surface area contributed by atoms with Crippen molar-refractivity contribution >= 4 is 29.9 Å². The maximum absolute atomic E-state index is 12.1.